The summed E-state index contributed by atoms with van der Waals surface area (Å²) in [6.45, 7) is 9.64. The second kappa shape index (κ2) is 10.8. The van der Waals surface area contributed by atoms with E-state index in [2.05, 4.69) is 17.1 Å². The van der Waals surface area contributed by atoms with Crippen LogP contribution >= 0.6 is 0 Å². The van der Waals surface area contributed by atoms with Gasteiger partial charge in [0.15, 0.2) is 17.7 Å². The van der Waals surface area contributed by atoms with Crippen molar-refractivity contribution in [3.63, 3.8) is 0 Å². The zero-order valence-corrected chi connectivity index (χ0v) is 25.7. The highest BCUT2D eigenvalue weighted by Crippen LogP contribution is 2.69. The Morgan fingerprint density at radius 1 is 1.25 bits per heavy atom. The van der Waals surface area contributed by atoms with E-state index in [9.17, 15) is 24.8 Å². The second-order valence-corrected chi connectivity index (χ2v) is 14.0. The molecular formula is C32H40BFN2O8. The number of aliphatic hydroxyl groups excluding tert-OH is 1. The van der Waals surface area contributed by atoms with Gasteiger partial charge in [-0.15, -0.1) is 10.2 Å². The minimum absolute atomic E-state index is 0.0283. The molecule has 2 bridgehead atoms. The van der Waals surface area contributed by atoms with Gasteiger partial charge >= 0.3 is 13.1 Å². The lowest BCUT2D eigenvalue weighted by Crippen LogP contribution is -2.63. The number of aliphatic hydroxyl groups is 1. The largest absolute Gasteiger partial charge is 0.494 e. The van der Waals surface area contributed by atoms with E-state index in [1.54, 1.807) is 25.1 Å². The SMILES string of the molecule is Cc1nnc(/C=C/[C@]2(C)C[C@@H](C(Oc3ccc4c(c3F)B(O)OC4)C(=O)O)[C@@]3(C)[C@H](C)CC[C@]4(CCC(=O)[C@H]43)[C@@H](C)[C@@H]2O)o1. The Kier molecular flexibility index (Phi) is 7.57. The first-order chi connectivity index (χ1) is 20.7. The van der Waals surface area contributed by atoms with Crippen LogP contribution in [0.5, 0.6) is 5.75 Å². The van der Waals surface area contributed by atoms with Gasteiger partial charge in [0.05, 0.1) is 12.7 Å². The minimum Gasteiger partial charge on any atom is -0.478 e. The van der Waals surface area contributed by atoms with Crippen LogP contribution in [0.25, 0.3) is 6.08 Å². The highest BCUT2D eigenvalue weighted by molar-refractivity contribution is 6.61. The van der Waals surface area contributed by atoms with Gasteiger partial charge in [0.1, 0.15) is 5.78 Å². The molecule has 3 fully saturated rings. The number of hydrogen-bond acceptors (Lipinski definition) is 9. The summed E-state index contributed by atoms with van der Waals surface area (Å²) in [5, 5.41) is 41.1. The molecule has 0 saturated heterocycles. The molecular weight excluding hydrogens is 570 g/mol. The number of Topliss-reactive ketones (excluding diaryl/α,β-unsaturated/α-hetero) is 1. The highest BCUT2D eigenvalue weighted by atomic mass is 19.1. The van der Waals surface area contributed by atoms with E-state index in [-0.39, 0.29) is 47.7 Å². The number of carbonyl (C=O) groups is 2. The molecule has 0 amide bonds. The van der Waals surface area contributed by atoms with E-state index in [0.717, 1.165) is 12.8 Å². The van der Waals surface area contributed by atoms with E-state index < -0.39 is 59.2 Å². The number of carboxylic acids is 1. The molecule has 6 rings (SSSR count). The molecule has 4 aliphatic rings. The van der Waals surface area contributed by atoms with Crippen molar-refractivity contribution in [3.05, 3.63) is 41.4 Å². The summed E-state index contributed by atoms with van der Waals surface area (Å²) < 4.78 is 32.6. The highest BCUT2D eigenvalue weighted by Gasteiger charge is 2.69. The molecule has 0 radical (unpaired) electrons. The predicted molar refractivity (Wildman–Crippen MR) is 157 cm³/mol. The van der Waals surface area contributed by atoms with Crippen molar-refractivity contribution in [2.75, 3.05) is 0 Å². The van der Waals surface area contributed by atoms with Crippen molar-refractivity contribution < 1.29 is 43.0 Å². The number of carbonyl (C=O) groups excluding carboxylic acids is 1. The Balaban J connectivity index is 1.51. The van der Waals surface area contributed by atoms with Crippen LogP contribution in [0.15, 0.2) is 22.6 Å². The summed E-state index contributed by atoms with van der Waals surface area (Å²) >= 11 is 0. The van der Waals surface area contributed by atoms with E-state index in [4.69, 9.17) is 13.8 Å². The van der Waals surface area contributed by atoms with E-state index >= 15 is 4.39 Å². The first-order valence-electron chi connectivity index (χ1n) is 15.4. The fourth-order valence-corrected chi connectivity index (χ4v) is 9.31. The number of halogens is 1. The molecule has 3 aliphatic carbocycles. The van der Waals surface area contributed by atoms with Gasteiger partial charge in [0.2, 0.25) is 11.8 Å². The summed E-state index contributed by atoms with van der Waals surface area (Å²) in [6.07, 6.45) is 3.51. The maximum Gasteiger partial charge on any atom is 0.494 e. The summed E-state index contributed by atoms with van der Waals surface area (Å²) in [7, 11) is -1.48. The fourth-order valence-electron chi connectivity index (χ4n) is 9.31. The second-order valence-electron chi connectivity index (χ2n) is 14.0. The van der Waals surface area contributed by atoms with Crippen molar-refractivity contribution in [3.8, 4) is 5.75 Å². The number of aryl methyl sites for hydroxylation is 1. The van der Waals surface area contributed by atoms with Gasteiger partial charge in [-0.1, -0.05) is 39.8 Å². The standard InChI is InChI=1S/C32H40BFN2O8/c1-16-8-12-32-13-9-21(37)27(32)31(16,5)20(14-30(4,28(38)17(32)2)11-10-23-36-35-18(3)43-23)26(29(39)40)44-22-7-6-19-15-42-33(41)24(19)25(22)34/h6-7,10-11,16-17,20,26-28,38,41H,8-9,12-15H2,1-5H3,(H,39,40)/b11-10+/t16-,17+,20+,26?,27+,28+,30-,31-,32+/m1/s1. The molecule has 44 heavy (non-hydrogen) atoms. The molecule has 3 saturated carbocycles. The summed E-state index contributed by atoms with van der Waals surface area (Å²) in [6, 6.07) is 2.92. The maximum absolute atomic E-state index is 15.7. The van der Waals surface area contributed by atoms with Crippen molar-refractivity contribution in [1.82, 2.24) is 10.2 Å². The van der Waals surface area contributed by atoms with Crippen LogP contribution in [0.1, 0.15) is 77.1 Å². The molecule has 10 nitrogen and oxygen atoms in total. The maximum atomic E-state index is 15.7. The molecule has 2 aromatic rings. The average molecular weight is 610 g/mol. The van der Waals surface area contributed by atoms with Crippen LogP contribution in [0.2, 0.25) is 0 Å². The number of aromatic nitrogens is 2. The molecule has 9 atom stereocenters. The van der Waals surface area contributed by atoms with Crippen LogP contribution in [-0.4, -0.2) is 56.5 Å². The summed E-state index contributed by atoms with van der Waals surface area (Å²) in [5.41, 5.74) is -2.00. The van der Waals surface area contributed by atoms with E-state index in [1.807, 2.05) is 20.8 Å². The minimum atomic E-state index is -1.57. The lowest BCUT2D eigenvalue weighted by Gasteiger charge is -2.63. The molecule has 3 N–H and O–H groups in total. The van der Waals surface area contributed by atoms with Crippen LogP contribution in [-0.2, 0) is 20.9 Å². The number of nitrogens with zero attached hydrogens (tertiary/aromatic N) is 2. The van der Waals surface area contributed by atoms with Crippen molar-refractivity contribution in [1.29, 1.82) is 0 Å². The van der Waals surface area contributed by atoms with Crippen LogP contribution in [0.4, 0.5) is 4.39 Å². The molecule has 0 spiro atoms. The monoisotopic (exact) mass is 610 g/mol. The van der Waals surface area contributed by atoms with E-state index in [1.165, 1.54) is 6.07 Å². The molecule has 1 aromatic carbocycles. The first kappa shape index (κ1) is 30.9. The lowest BCUT2D eigenvalue weighted by molar-refractivity contribution is -0.193. The number of aliphatic carboxylic acids is 1. The molecule has 12 heteroatoms. The zero-order chi connectivity index (χ0) is 31.8. The van der Waals surface area contributed by atoms with Gasteiger partial charge in [-0.3, -0.25) is 4.79 Å². The van der Waals surface area contributed by atoms with Gasteiger partial charge in [0, 0.05) is 36.1 Å². The Bertz CT molecular complexity index is 1510. The Hall–Kier alpha value is -3.09. The first-order valence-corrected chi connectivity index (χ1v) is 15.4. The number of benzene rings is 1. The Labute approximate surface area is 256 Å². The summed E-state index contributed by atoms with van der Waals surface area (Å²) in [4.78, 5) is 27.1. The Morgan fingerprint density at radius 3 is 2.68 bits per heavy atom. The zero-order valence-electron chi connectivity index (χ0n) is 25.7. The van der Waals surface area contributed by atoms with E-state index in [0.29, 0.717) is 24.3 Å². The normalized spacial score (nSPS) is 37.4. The van der Waals surface area contributed by atoms with Crippen LogP contribution < -0.4 is 10.2 Å². The van der Waals surface area contributed by atoms with Gasteiger partial charge < -0.3 is 29.0 Å². The van der Waals surface area contributed by atoms with Crippen LogP contribution in [0, 0.1) is 52.7 Å². The Morgan fingerprint density at radius 2 is 2.00 bits per heavy atom. The third-order valence-corrected chi connectivity index (χ3v) is 11.9. The molecule has 1 aromatic heterocycles. The number of carboxylic acid groups (broad SMARTS) is 1. The molecule has 236 valence electrons. The van der Waals surface area contributed by atoms with Crippen molar-refractivity contribution in [2.45, 2.75) is 85.5 Å². The number of ether oxygens (including phenoxy) is 1. The number of fused-ring (bicyclic) bond motifs is 1. The topological polar surface area (TPSA) is 152 Å². The average Bonchev–Trinajstić information content (AvgIpc) is 3.68. The lowest BCUT2D eigenvalue weighted by atomic mass is 9.41. The smallest absolute Gasteiger partial charge is 0.478 e. The third-order valence-electron chi connectivity index (χ3n) is 11.9. The van der Waals surface area contributed by atoms with Crippen LogP contribution in [0.3, 0.4) is 0 Å². The van der Waals surface area contributed by atoms with Crippen molar-refractivity contribution >= 4 is 30.4 Å². The van der Waals surface area contributed by atoms with Gasteiger partial charge in [-0.2, -0.15) is 0 Å². The quantitative estimate of drug-likeness (QED) is 0.413. The van der Waals surface area contributed by atoms with Gasteiger partial charge in [0.25, 0.3) is 0 Å². The summed E-state index contributed by atoms with van der Waals surface area (Å²) in [5.74, 6) is -3.43. The van der Waals surface area contributed by atoms with Gasteiger partial charge in [-0.25, -0.2) is 9.18 Å². The molecule has 2 heterocycles. The number of rotatable bonds is 6. The number of hydrogen-bond donors (Lipinski definition) is 3. The third kappa shape index (κ3) is 4.55. The molecule has 1 aliphatic heterocycles. The van der Waals surface area contributed by atoms with Crippen molar-refractivity contribution in [2.24, 2.45) is 39.9 Å². The fraction of sp³-hybridized carbons (Fsp3) is 0.625. The number of ketones is 1. The predicted octanol–water partition coefficient (Wildman–Crippen LogP) is 3.71. The molecule has 1 unspecified atom stereocenters. The van der Waals surface area contributed by atoms with Gasteiger partial charge in [-0.05, 0) is 66.1 Å².